The van der Waals surface area contributed by atoms with Gasteiger partial charge in [0.15, 0.2) is 5.13 Å². The number of hydrogen-bond donors (Lipinski definition) is 1. The van der Waals surface area contributed by atoms with E-state index in [1.165, 1.54) is 11.3 Å². The van der Waals surface area contributed by atoms with Crippen LogP contribution in [0.4, 0.5) is 10.8 Å². The number of rotatable bonds is 3. The molecule has 1 atom stereocenters. The first-order valence-electron chi connectivity index (χ1n) is 8.66. The van der Waals surface area contributed by atoms with Gasteiger partial charge in [0.1, 0.15) is 0 Å². The Kier molecular flexibility index (Phi) is 4.61. The fraction of sp³-hybridized carbons (Fsp3) is 0.250. The number of aryl methyl sites for hydroxylation is 2. The standard InChI is InChI=1S/C20H18ClN3O2S/c1-11-6-7-14(9-15(11)21)24-10-13(8-17(24)25)19(26)23-20-22-18-12(2)4-3-5-16(18)27-20/h3-7,9,13H,8,10H2,1-2H3,(H,22,23,26)/t13-/m1/s1. The second-order valence-electron chi connectivity index (χ2n) is 6.77. The lowest BCUT2D eigenvalue weighted by atomic mass is 10.1. The molecule has 1 aliphatic rings. The fourth-order valence-corrected chi connectivity index (χ4v) is 4.35. The summed E-state index contributed by atoms with van der Waals surface area (Å²) in [5.41, 5.74) is 3.65. The molecule has 0 saturated carbocycles. The van der Waals surface area contributed by atoms with Gasteiger partial charge in [-0.25, -0.2) is 4.98 Å². The van der Waals surface area contributed by atoms with Crippen LogP contribution < -0.4 is 10.2 Å². The minimum atomic E-state index is -0.411. The normalized spacial score (nSPS) is 16.9. The number of nitrogens with zero attached hydrogens (tertiary/aromatic N) is 2. The van der Waals surface area contributed by atoms with Gasteiger partial charge in [-0.2, -0.15) is 0 Å². The Balaban J connectivity index is 1.50. The Morgan fingerprint density at radius 2 is 2.07 bits per heavy atom. The fourth-order valence-electron chi connectivity index (χ4n) is 3.23. The molecule has 1 saturated heterocycles. The van der Waals surface area contributed by atoms with E-state index in [0.29, 0.717) is 16.7 Å². The average molecular weight is 400 g/mol. The molecule has 138 valence electrons. The zero-order valence-electron chi connectivity index (χ0n) is 15.0. The molecule has 1 aromatic heterocycles. The minimum absolute atomic E-state index is 0.0739. The van der Waals surface area contributed by atoms with E-state index in [-0.39, 0.29) is 18.2 Å². The molecule has 0 spiro atoms. The maximum atomic E-state index is 12.7. The zero-order chi connectivity index (χ0) is 19.1. The Labute approximate surface area is 166 Å². The van der Waals surface area contributed by atoms with Gasteiger partial charge in [-0.1, -0.05) is 41.1 Å². The highest BCUT2D eigenvalue weighted by molar-refractivity contribution is 7.22. The summed E-state index contributed by atoms with van der Waals surface area (Å²) in [4.78, 5) is 31.2. The Morgan fingerprint density at radius 3 is 2.81 bits per heavy atom. The Morgan fingerprint density at radius 1 is 1.26 bits per heavy atom. The van der Waals surface area contributed by atoms with Crippen LogP contribution in [-0.4, -0.2) is 23.3 Å². The molecule has 2 aromatic carbocycles. The predicted molar refractivity (Wildman–Crippen MR) is 110 cm³/mol. The van der Waals surface area contributed by atoms with E-state index in [4.69, 9.17) is 11.6 Å². The van der Waals surface area contributed by atoms with E-state index >= 15 is 0 Å². The number of para-hydroxylation sites is 1. The smallest absolute Gasteiger partial charge is 0.231 e. The van der Waals surface area contributed by atoms with Gasteiger partial charge in [-0.3, -0.25) is 9.59 Å². The molecule has 1 N–H and O–H groups in total. The molecular formula is C20H18ClN3O2S. The van der Waals surface area contributed by atoms with Gasteiger partial charge >= 0.3 is 0 Å². The summed E-state index contributed by atoms with van der Waals surface area (Å²) >= 11 is 7.61. The van der Waals surface area contributed by atoms with Crippen molar-refractivity contribution in [3.05, 3.63) is 52.5 Å². The summed E-state index contributed by atoms with van der Waals surface area (Å²) in [6.07, 6.45) is 0.182. The van der Waals surface area contributed by atoms with E-state index in [1.807, 2.05) is 44.2 Å². The molecule has 27 heavy (non-hydrogen) atoms. The van der Waals surface area contributed by atoms with Crippen LogP contribution in [0.25, 0.3) is 10.2 Å². The number of halogens is 1. The van der Waals surface area contributed by atoms with Crippen molar-refractivity contribution in [2.24, 2.45) is 5.92 Å². The van der Waals surface area contributed by atoms with Crippen molar-refractivity contribution in [1.82, 2.24) is 4.98 Å². The highest BCUT2D eigenvalue weighted by Crippen LogP contribution is 2.31. The molecule has 5 nitrogen and oxygen atoms in total. The lowest BCUT2D eigenvalue weighted by molar-refractivity contribution is -0.122. The van der Waals surface area contributed by atoms with Gasteiger partial charge in [0, 0.05) is 23.7 Å². The van der Waals surface area contributed by atoms with Gasteiger partial charge in [0.05, 0.1) is 16.1 Å². The van der Waals surface area contributed by atoms with Crippen molar-refractivity contribution in [3.63, 3.8) is 0 Å². The summed E-state index contributed by atoms with van der Waals surface area (Å²) in [5.74, 6) is -0.665. The number of fused-ring (bicyclic) bond motifs is 1. The third-order valence-electron chi connectivity index (χ3n) is 4.81. The summed E-state index contributed by atoms with van der Waals surface area (Å²) in [7, 11) is 0. The van der Waals surface area contributed by atoms with Crippen LogP contribution in [0.3, 0.4) is 0 Å². The van der Waals surface area contributed by atoms with Crippen LogP contribution in [0.5, 0.6) is 0 Å². The van der Waals surface area contributed by atoms with Crippen molar-refractivity contribution in [2.45, 2.75) is 20.3 Å². The van der Waals surface area contributed by atoms with E-state index in [2.05, 4.69) is 10.3 Å². The molecule has 3 aromatic rings. The lowest BCUT2D eigenvalue weighted by Gasteiger charge is -2.17. The van der Waals surface area contributed by atoms with Crippen LogP contribution >= 0.6 is 22.9 Å². The molecule has 1 aliphatic heterocycles. The minimum Gasteiger partial charge on any atom is -0.312 e. The number of carbonyl (C=O) groups is 2. The number of nitrogens with one attached hydrogen (secondary N) is 1. The van der Waals surface area contributed by atoms with Crippen molar-refractivity contribution in [1.29, 1.82) is 0 Å². The van der Waals surface area contributed by atoms with Gasteiger partial charge < -0.3 is 10.2 Å². The molecule has 7 heteroatoms. The molecule has 0 radical (unpaired) electrons. The predicted octanol–water partition coefficient (Wildman–Crippen LogP) is 4.56. The maximum absolute atomic E-state index is 12.7. The van der Waals surface area contributed by atoms with Crippen molar-refractivity contribution >= 4 is 55.8 Å². The number of benzene rings is 2. The Hall–Kier alpha value is -2.44. The third-order valence-corrected chi connectivity index (χ3v) is 6.16. The van der Waals surface area contributed by atoms with Gasteiger partial charge in [0.25, 0.3) is 0 Å². The highest BCUT2D eigenvalue weighted by Gasteiger charge is 2.35. The zero-order valence-corrected chi connectivity index (χ0v) is 16.5. The topological polar surface area (TPSA) is 62.3 Å². The SMILES string of the molecule is Cc1ccc(N2C[C@H](C(=O)Nc3nc4c(C)cccc4s3)CC2=O)cc1Cl. The third kappa shape index (κ3) is 3.42. The summed E-state index contributed by atoms with van der Waals surface area (Å²) < 4.78 is 1.03. The Bertz CT molecular complexity index is 1060. The van der Waals surface area contributed by atoms with Gasteiger partial charge in [-0.15, -0.1) is 0 Å². The highest BCUT2D eigenvalue weighted by atomic mass is 35.5. The number of hydrogen-bond acceptors (Lipinski definition) is 4. The van der Waals surface area contributed by atoms with Crippen molar-refractivity contribution in [3.8, 4) is 0 Å². The molecule has 4 rings (SSSR count). The molecule has 2 amide bonds. The summed E-state index contributed by atoms with van der Waals surface area (Å²) in [5, 5.41) is 4.05. The van der Waals surface area contributed by atoms with Crippen LogP contribution in [0.2, 0.25) is 5.02 Å². The summed E-state index contributed by atoms with van der Waals surface area (Å²) in [6, 6.07) is 11.5. The number of aromatic nitrogens is 1. The first kappa shape index (κ1) is 17.9. The van der Waals surface area contributed by atoms with Crippen molar-refractivity contribution < 1.29 is 9.59 Å². The first-order valence-corrected chi connectivity index (χ1v) is 9.85. The molecular weight excluding hydrogens is 382 g/mol. The van der Waals surface area contributed by atoms with Crippen LogP contribution in [0, 0.1) is 19.8 Å². The largest absolute Gasteiger partial charge is 0.312 e. The van der Waals surface area contributed by atoms with Gasteiger partial charge in [-0.05, 0) is 43.2 Å². The molecule has 2 heterocycles. The van der Waals surface area contributed by atoms with Crippen molar-refractivity contribution in [2.75, 3.05) is 16.8 Å². The molecule has 0 bridgehead atoms. The quantitative estimate of drug-likeness (QED) is 0.702. The van der Waals surface area contributed by atoms with Gasteiger partial charge in [0.2, 0.25) is 11.8 Å². The maximum Gasteiger partial charge on any atom is 0.231 e. The second-order valence-corrected chi connectivity index (χ2v) is 8.21. The first-order chi connectivity index (χ1) is 12.9. The van der Waals surface area contributed by atoms with E-state index in [1.54, 1.807) is 11.0 Å². The monoisotopic (exact) mass is 399 g/mol. The number of amides is 2. The lowest BCUT2D eigenvalue weighted by Crippen LogP contribution is -2.28. The summed E-state index contributed by atoms with van der Waals surface area (Å²) in [6.45, 7) is 4.25. The van der Waals surface area contributed by atoms with Crippen LogP contribution in [-0.2, 0) is 9.59 Å². The number of carbonyl (C=O) groups excluding carboxylic acids is 2. The second kappa shape index (κ2) is 6.94. The van der Waals surface area contributed by atoms with Crippen LogP contribution in [0.15, 0.2) is 36.4 Å². The van der Waals surface area contributed by atoms with E-state index < -0.39 is 5.92 Å². The molecule has 1 fully saturated rings. The molecule has 0 unspecified atom stereocenters. The molecule has 0 aliphatic carbocycles. The average Bonchev–Trinajstić information content (AvgIpc) is 3.21. The number of anilines is 2. The number of thiazole rings is 1. The van der Waals surface area contributed by atoms with E-state index in [0.717, 1.165) is 27.0 Å². The van der Waals surface area contributed by atoms with E-state index in [9.17, 15) is 9.59 Å². The van der Waals surface area contributed by atoms with Crippen LogP contribution in [0.1, 0.15) is 17.5 Å².